The molecule has 1 aromatic carbocycles. The highest BCUT2D eigenvalue weighted by Crippen LogP contribution is 2.54. The molecule has 4 aliphatic rings. The molecule has 0 atom stereocenters. The Balaban J connectivity index is 1.30. The lowest BCUT2D eigenvalue weighted by molar-refractivity contribution is -0.754. The largest absolute Gasteiger partial charge is 0.455 e. The van der Waals surface area contributed by atoms with E-state index in [4.69, 9.17) is 27.6 Å². The molecule has 25 heavy (non-hydrogen) atoms. The van der Waals surface area contributed by atoms with Crippen LogP contribution in [0, 0.1) is 17.8 Å². The van der Waals surface area contributed by atoms with Crippen LogP contribution in [0.25, 0.3) is 11.3 Å². The van der Waals surface area contributed by atoms with E-state index in [0.29, 0.717) is 15.6 Å². The van der Waals surface area contributed by atoms with E-state index < -0.39 is 0 Å². The Hall–Kier alpha value is -0.960. The summed E-state index contributed by atoms with van der Waals surface area (Å²) in [6.07, 6.45) is 8.72. The molecule has 0 saturated heterocycles. The second-order valence-corrected chi connectivity index (χ2v) is 9.49. The standard InChI is InChI=1S/C21H23Cl2NO/c22-17-6-16(7-18(23)8-17)20-2-1-19(25-20)12-24-21-9-13-3-14(10-21)5-15(4-13)11-21/h1-2,6-8,13-15,24H,3-5,9-12H2/p+1. The minimum absolute atomic E-state index is 0.487. The lowest BCUT2D eigenvalue weighted by Gasteiger charge is -2.54. The zero-order valence-electron chi connectivity index (χ0n) is 14.3. The highest BCUT2D eigenvalue weighted by atomic mass is 35.5. The molecule has 2 nitrogen and oxygen atoms in total. The van der Waals surface area contributed by atoms with Gasteiger partial charge < -0.3 is 9.73 Å². The number of benzene rings is 1. The molecule has 2 N–H and O–H groups in total. The van der Waals surface area contributed by atoms with Crippen molar-refractivity contribution in [2.75, 3.05) is 0 Å². The van der Waals surface area contributed by atoms with Crippen molar-refractivity contribution in [3.63, 3.8) is 0 Å². The van der Waals surface area contributed by atoms with Crippen molar-refractivity contribution in [2.24, 2.45) is 17.8 Å². The lowest BCUT2D eigenvalue weighted by atomic mass is 9.53. The predicted molar refractivity (Wildman–Crippen MR) is 101 cm³/mol. The first-order valence-electron chi connectivity index (χ1n) is 9.46. The highest BCUT2D eigenvalue weighted by molar-refractivity contribution is 6.35. The summed E-state index contributed by atoms with van der Waals surface area (Å²) in [5, 5.41) is 3.87. The molecule has 0 aliphatic heterocycles. The van der Waals surface area contributed by atoms with Crippen molar-refractivity contribution in [1.82, 2.24) is 0 Å². The maximum absolute atomic E-state index is 6.11. The smallest absolute Gasteiger partial charge is 0.158 e. The first kappa shape index (κ1) is 16.2. The van der Waals surface area contributed by atoms with Crippen LogP contribution in [0.2, 0.25) is 10.0 Å². The van der Waals surface area contributed by atoms with Crippen molar-refractivity contribution in [3.8, 4) is 11.3 Å². The summed E-state index contributed by atoms with van der Waals surface area (Å²) in [5.41, 5.74) is 1.43. The fourth-order valence-electron chi connectivity index (χ4n) is 6.08. The van der Waals surface area contributed by atoms with Gasteiger partial charge in [-0.1, -0.05) is 23.2 Å². The van der Waals surface area contributed by atoms with Crippen molar-refractivity contribution < 1.29 is 9.73 Å². The number of hydrogen-bond donors (Lipinski definition) is 1. The summed E-state index contributed by atoms with van der Waals surface area (Å²) in [7, 11) is 0. The van der Waals surface area contributed by atoms with E-state index in [1.165, 1.54) is 38.5 Å². The molecule has 4 bridgehead atoms. The van der Waals surface area contributed by atoms with Crippen LogP contribution < -0.4 is 5.32 Å². The van der Waals surface area contributed by atoms with Gasteiger partial charge in [0, 0.05) is 34.9 Å². The van der Waals surface area contributed by atoms with Crippen LogP contribution >= 0.6 is 23.2 Å². The molecule has 0 unspecified atom stereocenters. The quantitative estimate of drug-likeness (QED) is 0.771. The van der Waals surface area contributed by atoms with Crippen molar-refractivity contribution in [2.45, 2.75) is 50.6 Å². The molecule has 4 fully saturated rings. The molecule has 4 heteroatoms. The number of hydrogen-bond acceptors (Lipinski definition) is 1. The maximum Gasteiger partial charge on any atom is 0.158 e. The zero-order chi connectivity index (χ0) is 17.0. The molecule has 1 heterocycles. The first-order chi connectivity index (χ1) is 12.1. The Morgan fingerprint density at radius 2 is 1.52 bits per heavy atom. The summed E-state index contributed by atoms with van der Waals surface area (Å²) in [4.78, 5) is 0. The van der Waals surface area contributed by atoms with Gasteiger partial charge in [-0.05, 0) is 67.3 Å². The predicted octanol–water partition coefficient (Wildman–Crippen LogP) is 5.29. The van der Waals surface area contributed by atoms with Crippen LogP contribution in [-0.2, 0) is 6.54 Å². The van der Waals surface area contributed by atoms with E-state index in [9.17, 15) is 0 Å². The van der Waals surface area contributed by atoms with Gasteiger partial charge in [-0.3, -0.25) is 0 Å². The number of rotatable bonds is 4. The first-order valence-corrected chi connectivity index (χ1v) is 10.2. The summed E-state index contributed by atoms with van der Waals surface area (Å²) in [5.74, 6) is 4.86. The molecule has 132 valence electrons. The number of quaternary nitrogens is 1. The van der Waals surface area contributed by atoms with Gasteiger partial charge in [0.2, 0.25) is 0 Å². The third-order valence-corrected chi connectivity index (χ3v) is 7.07. The lowest BCUT2D eigenvalue weighted by Crippen LogP contribution is -2.97. The van der Waals surface area contributed by atoms with Gasteiger partial charge in [0.25, 0.3) is 0 Å². The minimum atomic E-state index is 0.487. The molecule has 2 aromatic rings. The van der Waals surface area contributed by atoms with E-state index in [-0.39, 0.29) is 0 Å². The molecule has 0 amide bonds. The fraction of sp³-hybridized carbons (Fsp3) is 0.524. The van der Waals surface area contributed by atoms with Crippen molar-refractivity contribution >= 4 is 23.2 Å². The Morgan fingerprint density at radius 1 is 0.920 bits per heavy atom. The topological polar surface area (TPSA) is 29.8 Å². The maximum atomic E-state index is 6.11. The molecule has 1 aromatic heterocycles. The fourth-order valence-corrected chi connectivity index (χ4v) is 6.61. The second-order valence-electron chi connectivity index (χ2n) is 8.61. The molecule has 6 rings (SSSR count). The average molecular weight is 377 g/mol. The van der Waals surface area contributed by atoms with Gasteiger partial charge in [-0.2, -0.15) is 0 Å². The van der Waals surface area contributed by atoms with Crippen LogP contribution in [0.15, 0.2) is 34.7 Å². The van der Waals surface area contributed by atoms with Crippen LogP contribution in [0.4, 0.5) is 0 Å². The zero-order valence-corrected chi connectivity index (χ0v) is 15.8. The van der Waals surface area contributed by atoms with E-state index in [2.05, 4.69) is 11.4 Å². The number of halogens is 2. The normalized spacial score (nSPS) is 33.1. The van der Waals surface area contributed by atoms with E-state index >= 15 is 0 Å². The van der Waals surface area contributed by atoms with Gasteiger partial charge in [-0.25, -0.2) is 0 Å². The van der Waals surface area contributed by atoms with E-state index in [0.717, 1.165) is 41.4 Å². The number of nitrogens with two attached hydrogens (primary N) is 1. The summed E-state index contributed by atoms with van der Waals surface area (Å²) >= 11 is 12.2. The summed E-state index contributed by atoms with van der Waals surface area (Å²) in [6.45, 7) is 0.931. The van der Waals surface area contributed by atoms with Gasteiger partial charge in [-0.15, -0.1) is 0 Å². The monoisotopic (exact) mass is 376 g/mol. The van der Waals surface area contributed by atoms with Crippen molar-refractivity contribution in [3.05, 3.63) is 46.1 Å². The van der Waals surface area contributed by atoms with Gasteiger partial charge in [0.1, 0.15) is 12.3 Å². The molecular formula is C21H24Cl2NO+. The molecule has 0 spiro atoms. The minimum Gasteiger partial charge on any atom is -0.455 e. The van der Waals surface area contributed by atoms with Gasteiger partial charge in [0.15, 0.2) is 5.76 Å². The molecule has 4 saturated carbocycles. The van der Waals surface area contributed by atoms with E-state index in [1.54, 1.807) is 6.07 Å². The summed E-state index contributed by atoms with van der Waals surface area (Å²) < 4.78 is 6.09. The molecule has 0 radical (unpaired) electrons. The molecule has 4 aliphatic carbocycles. The second kappa shape index (κ2) is 6.04. The molecular weight excluding hydrogens is 353 g/mol. The Labute approximate surface area is 158 Å². The van der Waals surface area contributed by atoms with Crippen molar-refractivity contribution in [1.29, 1.82) is 0 Å². The Morgan fingerprint density at radius 3 is 2.12 bits per heavy atom. The SMILES string of the molecule is Clc1cc(Cl)cc(-c2ccc(C[NH2+]C34CC5CC(CC(C5)C3)C4)o2)c1. The highest BCUT2D eigenvalue weighted by Gasteiger charge is 2.53. The van der Waals surface area contributed by atoms with Crippen LogP contribution in [0.5, 0.6) is 0 Å². The van der Waals surface area contributed by atoms with Crippen LogP contribution in [0.1, 0.15) is 44.3 Å². The van der Waals surface area contributed by atoms with Gasteiger partial charge in [0.05, 0.1) is 5.54 Å². The van der Waals surface area contributed by atoms with Crippen LogP contribution in [-0.4, -0.2) is 5.54 Å². The Kier molecular flexibility index (Phi) is 3.92. The van der Waals surface area contributed by atoms with E-state index in [1.807, 2.05) is 18.2 Å². The third kappa shape index (κ3) is 3.13. The Bertz CT molecular complexity index is 741. The van der Waals surface area contributed by atoms with Crippen LogP contribution in [0.3, 0.4) is 0 Å². The number of furan rings is 1. The third-order valence-electron chi connectivity index (χ3n) is 6.63. The summed E-state index contributed by atoms with van der Waals surface area (Å²) in [6, 6.07) is 9.68. The van der Waals surface area contributed by atoms with Gasteiger partial charge >= 0.3 is 0 Å². The average Bonchev–Trinajstić information content (AvgIpc) is 3.00.